The lowest BCUT2D eigenvalue weighted by atomic mass is 9.89. The molecule has 0 aliphatic rings. The number of fused-ring (bicyclic) bond motifs is 1. The van der Waals surface area contributed by atoms with E-state index in [4.69, 9.17) is 26.1 Å². The number of methoxy groups -OCH3 is 2. The number of phenolic OH excluding ortho intramolecular Hbond substituents is 1. The van der Waals surface area contributed by atoms with Gasteiger partial charge in [0.2, 0.25) is 5.75 Å². The fourth-order valence-electron chi connectivity index (χ4n) is 4.53. The number of aromatic nitrogens is 1. The fourth-order valence-corrected chi connectivity index (χ4v) is 4.76. The molecule has 0 bridgehead atoms. The number of aliphatic hydroxyl groups excluding tert-OH is 1. The second-order valence-corrected chi connectivity index (χ2v) is 9.12. The molecule has 4 aromatic rings. The SMILES string of the molecule is COc1cc(C=CC(=O)c2c(CCO)nc3c(C)cc(C)cc3c2-c2ccccc2Cl)cc(OC)c1O. The Balaban J connectivity index is 1.98. The first-order valence-corrected chi connectivity index (χ1v) is 12.1. The second kappa shape index (κ2) is 11.0. The number of aliphatic hydroxyl groups is 1. The van der Waals surface area contributed by atoms with Gasteiger partial charge < -0.3 is 19.7 Å². The number of hydrogen-bond donors (Lipinski definition) is 2. The highest BCUT2D eigenvalue weighted by atomic mass is 35.5. The highest BCUT2D eigenvalue weighted by Gasteiger charge is 2.23. The molecule has 4 rings (SSSR count). The van der Waals surface area contributed by atoms with Gasteiger partial charge in [0, 0.05) is 34.6 Å². The highest BCUT2D eigenvalue weighted by molar-refractivity contribution is 6.34. The zero-order valence-electron chi connectivity index (χ0n) is 21.1. The van der Waals surface area contributed by atoms with E-state index >= 15 is 0 Å². The van der Waals surface area contributed by atoms with Crippen molar-refractivity contribution in [2.75, 3.05) is 20.8 Å². The van der Waals surface area contributed by atoms with E-state index in [9.17, 15) is 15.0 Å². The Labute approximate surface area is 220 Å². The predicted octanol–water partition coefficient (Wildman–Crippen LogP) is 6.33. The molecule has 0 radical (unpaired) electrons. The van der Waals surface area contributed by atoms with E-state index in [1.807, 2.05) is 44.2 Å². The zero-order chi connectivity index (χ0) is 26.7. The van der Waals surface area contributed by atoms with Gasteiger partial charge in [0.15, 0.2) is 17.3 Å². The van der Waals surface area contributed by atoms with Crippen LogP contribution in [0.15, 0.2) is 54.6 Å². The molecule has 0 amide bonds. The van der Waals surface area contributed by atoms with E-state index in [1.54, 1.807) is 24.3 Å². The Morgan fingerprint density at radius 2 is 1.73 bits per heavy atom. The average Bonchev–Trinajstić information content (AvgIpc) is 2.88. The summed E-state index contributed by atoms with van der Waals surface area (Å²) >= 11 is 6.65. The lowest BCUT2D eigenvalue weighted by Gasteiger charge is -2.18. The smallest absolute Gasteiger partial charge is 0.200 e. The lowest BCUT2D eigenvalue weighted by Crippen LogP contribution is -2.10. The van der Waals surface area contributed by atoms with Crippen molar-refractivity contribution in [3.05, 3.63) is 87.6 Å². The zero-order valence-corrected chi connectivity index (χ0v) is 21.9. The maximum Gasteiger partial charge on any atom is 0.200 e. The summed E-state index contributed by atoms with van der Waals surface area (Å²) in [6.07, 6.45) is 3.27. The predicted molar refractivity (Wildman–Crippen MR) is 147 cm³/mol. The number of allylic oxidation sites excluding steroid dienone is 1. The monoisotopic (exact) mass is 517 g/mol. The molecule has 1 heterocycles. The van der Waals surface area contributed by atoms with Crippen LogP contribution >= 0.6 is 11.6 Å². The minimum absolute atomic E-state index is 0.121. The maximum atomic E-state index is 13.8. The van der Waals surface area contributed by atoms with Crippen molar-refractivity contribution in [1.29, 1.82) is 0 Å². The van der Waals surface area contributed by atoms with E-state index in [0.717, 1.165) is 22.0 Å². The van der Waals surface area contributed by atoms with E-state index in [1.165, 1.54) is 20.3 Å². The van der Waals surface area contributed by atoms with Crippen LogP contribution in [0.2, 0.25) is 5.02 Å². The number of hydrogen-bond acceptors (Lipinski definition) is 6. The van der Waals surface area contributed by atoms with Gasteiger partial charge in [-0.15, -0.1) is 0 Å². The standard InChI is InChI=1S/C30H28ClNO5/c1-17-13-18(2)29-21(14-17)27(20-7-5-6-8-22(20)31)28(23(32-29)11-12-33)24(34)10-9-19-15-25(36-3)30(35)26(16-19)37-4/h5-10,13-16,33,35H,11-12H2,1-4H3. The molecule has 0 unspecified atom stereocenters. The van der Waals surface area contributed by atoms with Crippen molar-refractivity contribution in [3.8, 4) is 28.4 Å². The van der Waals surface area contributed by atoms with Crippen LogP contribution < -0.4 is 9.47 Å². The van der Waals surface area contributed by atoms with Gasteiger partial charge in [-0.25, -0.2) is 0 Å². The van der Waals surface area contributed by atoms with Gasteiger partial charge in [-0.1, -0.05) is 47.5 Å². The average molecular weight is 518 g/mol. The second-order valence-electron chi connectivity index (χ2n) is 8.71. The largest absolute Gasteiger partial charge is 0.502 e. The van der Waals surface area contributed by atoms with Crippen LogP contribution in [-0.4, -0.2) is 41.8 Å². The van der Waals surface area contributed by atoms with Gasteiger partial charge in [-0.3, -0.25) is 9.78 Å². The number of carbonyl (C=O) groups is 1. The van der Waals surface area contributed by atoms with Crippen molar-refractivity contribution in [1.82, 2.24) is 4.98 Å². The first kappa shape index (κ1) is 26.2. The van der Waals surface area contributed by atoms with Crippen molar-refractivity contribution >= 4 is 34.4 Å². The van der Waals surface area contributed by atoms with Crippen molar-refractivity contribution in [3.63, 3.8) is 0 Å². The summed E-state index contributed by atoms with van der Waals surface area (Å²) in [7, 11) is 2.88. The molecule has 0 aliphatic carbocycles. The number of nitrogens with zero attached hydrogens (tertiary/aromatic N) is 1. The molecule has 0 spiro atoms. The molecule has 7 heteroatoms. The first-order valence-electron chi connectivity index (χ1n) is 11.8. The number of ketones is 1. The summed E-state index contributed by atoms with van der Waals surface area (Å²) in [4.78, 5) is 18.7. The molecule has 0 aliphatic heterocycles. The third kappa shape index (κ3) is 5.17. The molecular weight excluding hydrogens is 490 g/mol. The number of benzene rings is 3. The number of pyridine rings is 1. The number of halogens is 1. The fraction of sp³-hybridized carbons (Fsp3) is 0.200. The van der Waals surface area contributed by atoms with Crippen molar-refractivity contribution in [2.45, 2.75) is 20.3 Å². The molecule has 1 aromatic heterocycles. The van der Waals surface area contributed by atoms with E-state index in [0.29, 0.717) is 33.0 Å². The van der Waals surface area contributed by atoms with Crippen LogP contribution in [0.4, 0.5) is 0 Å². The van der Waals surface area contributed by atoms with Crippen LogP contribution in [0.1, 0.15) is 32.7 Å². The van der Waals surface area contributed by atoms with Crippen molar-refractivity contribution in [2.24, 2.45) is 0 Å². The van der Waals surface area contributed by atoms with Gasteiger partial charge >= 0.3 is 0 Å². The molecule has 6 nitrogen and oxygen atoms in total. The Kier molecular flexibility index (Phi) is 7.81. The van der Waals surface area contributed by atoms with Gasteiger partial charge in [0.25, 0.3) is 0 Å². The number of aromatic hydroxyl groups is 1. The Hall–Kier alpha value is -3.87. The summed E-state index contributed by atoms with van der Waals surface area (Å²) < 4.78 is 10.5. The van der Waals surface area contributed by atoms with Crippen LogP contribution in [0.3, 0.4) is 0 Å². The third-order valence-corrected chi connectivity index (χ3v) is 6.50. The Morgan fingerprint density at radius 3 is 2.35 bits per heavy atom. The first-order chi connectivity index (χ1) is 17.8. The summed E-state index contributed by atoms with van der Waals surface area (Å²) in [5, 5.41) is 21.4. The van der Waals surface area contributed by atoms with Crippen LogP contribution in [0.25, 0.3) is 28.1 Å². The summed E-state index contributed by atoms with van der Waals surface area (Å²) in [5.74, 6) is 0.0344. The van der Waals surface area contributed by atoms with E-state index in [-0.39, 0.29) is 36.1 Å². The quantitative estimate of drug-likeness (QED) is 0.210. The topological polar surface area (TPSA) is 88.9 Å². The molecule has 3 aromatic carbocycles. The van der Waals surface area contributed by atoms with Gasteiger partial charge in [0.05, 0.1) is 31.0 Å². The number of aryl methyl sites for hydroxylation is 2. The molecule has 0 atom stereocenters. The minimum Gasteiger partial charge on any atom is -0.502 e. The normalized spacial score (nSPS) is 11.3. The number of ether oxygens (including phenoxy) is 2. The molecule has 37 heavy (non-hydrogen) atoms. The van der Waals surface area contributed by atoms with E-state index in [2.05, 4.69) is 0 Å². The summed E-state index contributed by atoms with van der Waals surface area (Å²) in [6.45, 7) is 3.81. The van der Waals surface area contributed by atoms with Gasteiger partial charge in [-0.05, 0) is 55.3 Å². The maximum absolute atomic E-state index is 13.8. The van der Waals surface area contributed by atoms with Gasteiger partial charge in [-0.2, -0.15) is 0 Å². The number of carbonyl (C=O) groups excluding carboxylic acids is 1. The van der Waals surface area contributed by atoms with E-state index < -0.39 is 0 Å². The minimum atomic E-state index is -0.294. The highest BCUT2D eigenvalue weighted by Crippen LogP contribution is 2.40. The molecule has 2 N–H and O–H groups in total. The molecule has 0 saturated heterocycles. The van der Waals surface area contributed by atoms with Gasteiger partial charge in [0.1, 0.15) is 0 Å². The molecular formula is C30H28ClNO5. The molecule has 0 fully saturated rings. The summed E-state index contributed by atoms with van der Waals surface area (Å²) in [5.41, 5.74) is 5.64. The van der Waals surface area contributed by atoms with Crippen LogP contribution in [-0.2, 0) is 6.42 Å². The Morgan fingerprint density at radius 1 is 1.05 bits per heavy atom. The Bertz CT molecular complexity index is 1500. The lowest BCUT2D eigenvalue weighted by molar-refractivity contribution is 0.104. The molecule has 190 valence electrons. The molecule has 0 saturated carbocycles. The van der Waals surface area contributed by atoms with Crippen LogP contribution in [0.5, 0.6) is 17.2 Å². The number of phenols is 1. The number of rotatable bonds is 8. The van der Waals surface area contributed by atoms with Crippen LogP contribution in [0, 0.1) is 13.8 Å². The van der Waals surface area contributed by atoms with Crippen molar-refractivity contribution < 1.29 is 24.5 Å². The summed E-state index contributed by atoms with van der Waals surface area (Å²) in [6, 6.07) is 14.7. The third-order valence-electron chi connectivity index (χ3n) is 6.17.